The van der Waals surface area contributed by atoms with Crippen LogP contribution in [0.3, 0.4) is 0 Å². The van der Waals surface area contributed by atoms with Crippen molar-refractivity contribution in [3.8, 4) is 17.1 Å². The average Bonchev–Trinajstić information content (AvgIpc) is 3.20. The van der Waals surface area contributed by atoms with Crippen LogP contribution in [0.5, 0.6) is 5.75 Å². The second-order valence-corrected chi connectivity index (χ2v) is 6.53. The van der Waals surface area contributed by atoms with Crippen molar-refractivity contribution in [2.45, 2.75) is 0 Å². The summed E-state index contributed by atoms with van der Waals surface area (Å²) in [5, 5.41) is 13.9. The zero-order valence-corrected chi connectivity index (χ0v) is 15.5. The number of ether oxygens (including phenoxy) is 1. The smallest absolute Gasteiger partial charge is 0.343 e. The molecule has 0 atom stereocenters. The third-order valence-electron chi connectivity index (χ3n) is 4.93. The molecule has 0 saturated carbocycles. The molecule has 3 aromatic rings. The largest absolute Gasteiger partial charge is 0.495 e. The number of piperazine rings is 1. The van der Waals surface area contributed by atoms with Crippen LogP contribution in [0.4, 0.5) is 11.5 Å². The van der Waals surface area contributed by atoms with E-state index >= 15 is 0 Å². The van der Waals surface area contributed by atoms with E-state index in [0.717, 1.165) is 24.5 Å². The van der Waals surface area contributed by atoms with Gasteiger partial charge in [0.1, 0.15) is 5.75 Å². The number of carbonyl (C=O) groups is 1. The molecular weight excluding hydrogens is 358 g/mol. The van der Waals surface area contributed by atoms with Gasteiger partial charge in [-0.3, -0.25) is 0 Å². The number of hydrogen-bond acceptors (Lipinski definition) is 6. The summed E-state index contributed by atoms with van der Waals surface area (Å²) >= 11 is 0. The first-order chi connectivity index (χ1) is 13.7. The summed E-state index contributed by atoms with van der Waals surface area (Å²) in [7, 11) is 1.66. The number of rotatable bonds is 5. The zero-order valence-electron chi connectivity index (χ0n) is 15.5. The molecule has 7 nitrogen and oxygen atoms in total. The number of carboxylic acids is 1. The predicted molar refractivity (Wildman–Crippen MR) is 106 cm³/mol. The first-order valence-electron chi connectivity index (χ1n) is 9.10. The van der Waals surface area contributed by atoms with Crippen LogP contribution in [-0.4, -0.2) is 49.5 Å². The molecule has 0 amide bonds. The van der Waals surface area contributed by atoms with Gasteiger partial charge in [0.05, 0.1) is 12.8 Å². The third-order valence-corrected chi connectivity index (χ3v) is 4.93. The van der Waals surface area contributed by atoms with Gasteiger partial charge in [-0.05, 0) is 12.1 Å². The Morgan fingerprint density at radius 1 is 1.00 bits per heavy atom. The Kier molecular flexibility index (Phi) is 4.89. The molecular formula is C21H21N3O4. The molecule has 0 radical (unpaired) electrons. The molecule has 2 aromatic carbocycles. The second kappa shape index (κ2) is 7.64. The fraction of sp³-hybridized carbons (Fsp3) is 0.238. The van der Waals surface area contributed by atoms with Crippen molar-refractivity contribution in [1.29, 1.82) is 0 Å². The van der Waals surface area contributed by atoms with E-state index in [1.54, 1.807) is 7.11 Å². The highest BCUT2D eigenvalue weighted by atomic mass is 16.5. The van der Waals surface area contributed by atoms with Gasteiger partial charge in [-0.25, -0.2) is 4.79 Å². The number of anilines is 2. The van der Waals surface area contributed by atoms with E-state index in [1.807, 2.05) is 59.5 Å². The van der Waals surface area contributed by atoms with Crippen LogP contribution in [0.2, 0.25) is 0 Å². The van der Waals surface area contributed by atoms with Crippen LogP contribution in [0.15, 0.2) is 59.1 Å². The van der Waals surface area contributed by atoms with Crippen molar-refractivity contribution in [1.82, 2.24) is 5.16 Å². The number of aromatic carboxylic acids is 1. The SMILES string of the molecule is COc1ccccc1N1CCN(c2noc(-c3ccccc3)c2C(=O)O)CC1. The Balaban J connectivity index is 1.57. The molecule has 1 aliphatic rings. The lowest BCUT2D eigenvalue weighted by Gasteiger charge is -2.36. The van der Waals surface area contributed by atoms with Crippen molar-refractivity contribution in [2.75, 3.05) is 43.1 Å². The highest BCUT2D eigenvalue weighted by Gasteiger charge is 2.29. The minimum Gasteiger partial charge on any atom is -0.495 e. The molecule has 2 heterocycles. The summed E-state index contributed by atoms with van der Waals surface area (Å²) in [5.41, 5.74) is 1.84. The first kappa shape index (κ1) is 17.9. The van der Waals surface area contributed by atoms with E-state index in [1.165, 1.54) is 0 Å². The number of methoxy groups -OCH3 is 1. The maximum atomic E-state index is 11.9. The molecule has 0 aliphatic carbocycles. The Morgan fingerprint density at radius 3 is 2.32 bits per heavy atom. The number of carboxylic acid groups (broad SMARTS) is 1. The van der Waals surface area contributed by atoms with Gasteiger partial charge in [0.25, 0.3) is 0 Å². The summed E-state index contributed by atoms with van der Waals surface area (Å²) in [4.78, 5) is 16.1. The number of benzene rings is 2. The molecule has 144 valence electrons. The summed E-state index contributed by atoms with van der Waals surface area (Å²) in [6.07, 6.45) is 0. The van der Waals surface area contributed by atoms with Gasteiger partial charge in [-0.2, -0.15) is 0 Å². The normalized spacial score (nSPS) is 14.2. The van der Waals surface area contributed by atoms with E-state index in [0.29, 0.717) is 24.5 Å². The predicted octanol–water partition coefficient (Wildman–Crippen LogP) is 3.38. The van der Waals surface area contributed by atoms with Gasteiger partial charge in [-0.1, -0.05) is 47.6 Å². The van der Waals surface area contributed by atoms with E-state index in [4.69, 9.17) is 9.26 Å². The molecule has 1 fully saturated rings. The molecule has 0 spiro atoms. The van der Waals surface area contributed by atoms with Crippen molar-refractivity contribution < 1.29 is 19.2 Å². The van der Waals surface area contributed by atoms with Crippen molar-refractivity contribution in [2.24, 2.45) is 0 Å². The molecule has 1 aliphatic heterocycles. The van der Waals surface area contributed by atoms with Crippen LogP contribution < -0.4 is 14.5 Å². The maximum Gasteiger partial charge on any atom is 0.343 e. The van der Waals surface area contributed by atoms with E-state index in [2.05, 4.69) is 10.1 Å². The molecule has 1 N–H and O–H groups in total. The first-order valence-corrected chi connectivity index (χ1v) is 9.10. The van der Waals surface area contributed by atoms with Crippen molar-refractivity contribution >= 4 is 17.5 Å². The lowest BCUT2D eigenvalue weighted by atomic mass is 10.1. The molecule has 4 rings (SSSR count). The van der Waals surface area contributed by atoms with Gasteiger partial charge in [-0.15, -0.1) is 0 Å². The second-order valence-electron chi connectivity index (χ2n) is 6.53. The number of nitrogens with zero attached hydrogens (tertiary/aromatic N) is 3. The molecule has 1 saturated heterocycles. The number of aromatic nitrogens is 1. The fourth-order valence-corrected chi connectivity index (χ4v) is 3.53. The van der Waals surface area contributed by atoms with E-state index in [-0.39, 0.29) is 11.3 Å². The lowest BCUT2D eigenvalue weighted by molar-refractivity contribution is 0.0698. The van der Waals surface area contributed by atoms with Crippen LogP contribution >= 0.6 is 0 Å². The highest BCUT2D eigenvalue weighted by Crippen LogP contribution is 2.33. The van der Waals surface area contributed by atoms with Crippen LogP contribution in [0, 0.1) is 0 Å². The number of hydrogen-bond donors (Lipinski definition) is 1. The highest BCUT2D eigenvalue weighted by molar-refractivity contribution is 5.99. The van der Waals surface area contributed by atoms with E-state index in [9.17, 15) is 9.90 Å². The molecule has 1 aromatic heterocycles. The molecule has 0 unspecified atom stereocenters. The monoisotopic (exact) mass is 379 g/mol. The minimum atomic E-state index is -1.04. The summed E-state index contributed by atoms with van der Waals surface area (Å²) in [6.45, 7) is 2.73. The number of para-hydroxylation sites is 2. The molecule has 7 heteroatoms. The van der Waals surface area contributed by atoms with Crippen LogP contribution in [0.25, 0.3) is 11.3 Å². The standard InChI is InChI=1S/C21H21N3O4/c1-27-17-10-6-5-9-16(17)23-11-13-24(14-12-23)20-18(21(25)26)19(28-22-20)15-7-3-2-4-8-15/h2-10H,11-14H2,1H3,(H,25,26). The van der Waals surface area contributed by atoms with Gasteiger partial charge in [0.2, 0.25) is 0 Å². The fourth-order valence-electron chi connectivity index (χ4n) is 3.53. The van der Waals surface area contributed by atoms with Crippen molar-refractivity contribution in [3.63, 3.8) is 0 Å². The topological polar surface area (TPSA) is 79.0 Å². The van der Waals surface area contributed by atoms with Crippen molar-refractivity contribution in [3.05, 3.63) is 60.2 Å². The summed E-state index contributed by atoms with van der Waals surface area (Å²) in [6, 6.07) is 17.1. The Labute approximate surface area is 162 Å². The quantitative estimate of drug-likeness (QED) is 0.728. The van der Waals surface area contributed by atoms with Crippen LogP contribution in [0.1, 0.15) is 10.4 Å². The Hall–Kier alpha value is -3.48. The van der Waals surface area contributed by atoms with Gasteiger partial charge in [0, 0.05) is 31.7 Å². The third kappa shape index (κ3) is 3.26. The van der Waals surface area contributed by atoms with Gasteiger partial charge < -0.3 is 24.2 Å². The van der Waals surface area contributed by atoms with Gasteiger partial charge >= 0.3 is 5.97 Å². The zero-order chi connectivity index (χ0) is 19.5. The summed E-state index contributed by atoms with van der Waals surface area (Å²) in [5.74, 6) is 0.457. The molecule has 28 heavy (non-hydrogen) atoms. The Bertz CT molecular complexity index is 963. The lowest BCUT2D eigenvalue weighted by Crippen LogP contribution is -2.47. The molecule has 0 bridgehead atoms. The minimum absolute atomic E-state index is 0.108. The van der Waals surface area contributed by atoms with E-state index < -0.39 is 5.97 Å². The van der Waals surface area contributed by atoms with Gasteiger partial charge in [0.15, 0.2) is 17.1 Å². The maximum absolute atomic E-state index is 11.9. The van der Waals surface area contributed by atoms with Crippen LogP contribution in [-0.2, 0) is 0 Å². The average molecular weight is 379 g/mol. The Morgan fingerprint density at radius 2 is 1.64 bits per heavy atom. The summed E-state index contributed by atoms with van der Waals surface area (Å²) < 4.78 is 10.9.